The van der Waals surface area contributed by atoms with E-state index in [9.17, 15) is 0 Å². The van der Waals surface area contributed by atoms with Crippen LogP contribution in [-0.2, 0) is 5.41 Å². The number of fused-ring (bicyclic) bond motifs is 1. The summed E-state index contributed by atoms with van der Waals surface area (Å²) in [5, 5.41) is 0.727. The standard InChI is InChI=1S/C11H13ClN2/c1-11(2,3)7-4-5-8(12)10-9(7)13-6-14-10/h4-6H,1-3H3,(H,13,14). The van der Waals surface area contributed by atoms with E-state index in [4.69, 9.17) is 11.6 Å². The molecule has 0 spiro atoms. The van der Waals surface area contributed by atoms with Crippen LogP contribution in [0.15, 0.2) is 18.5 Å². The lowest BCUT2D eigenvalue weighted by Crippen LogP contribution is -2.11. The molecule has 0 radical (unpaired) electrons. The number of nitrogens with one attached hydrogen (secondary N) is 1. The zero-order chi connectivity index (χ0) is 10.3. The Hall–Kier alpha value is -1.02. The van der Waals surface area contributed by atoms with E-state index in [-0.39, 0.29) is 5.41 Å². The molecule has 0 atom stereocenters. The fourth-order valence-electron chi connectivity index (χ4n) is 1.60. The van der Waals surface area contributed by atoms with E-state index in [0.717, 1.165) is 16.1 Å². The van der Waals surface area contributed by atoms with Gasteiger partial charge in [0.15, 0.2) is 0 Å². The molecule has 74 valence electrons. The number of rotatable bonds is 0. The van der Waals surface area contributed by atoms with Crippen molar-refractivity contribution in [3.8, 4) is 0 Å². The highest BCUT2D eigenvalue weighted by molar-refractivity contribution is 6.35. The maximum atomic E-state index is 6.05. The minimum absolute atomic E-state index is 0.0953. The molecular formula is C11H13ClN2. The average molecular weight is 209 g/mol. The molecule has 1 aromatic heterocycles. The monoisotopic (exact) mass is 208 g/mol. The van der Waals surface area contributed by atoms with Crippen LogP contribution in [0.25, 0.3) is 11.0 Å². The number of hydrogen-bond acceptors (Lipinski definition) is 1. The molecule has 2 rings (SSSR count). The second-order valence-electron chi connectivity index (χ2n) is 4.47. The molecule has 1 heterocycles. The number of nitrogens with zero attached hydrogens (tertiary/aromatic N) is 1. The summed E-state index contributed by atoms with van der Waals surface area (Å²) in [5.41, 5.74) is 3.22. The van der Waals surface area contributed by atoms with Crippen molar-refractivity contribution in [2.45, 2.75) is 26.2 Å². The van der Waals surface area contributed by atoms with Crippen LogP contribution in [0.4, 0.5) is 0 Å². The van der Waals surface area contributed by atoms with Crippen molar-refractivity contribution in [1.82, 2.24) is 9.97 Å². The highest BCUT2D eigenvalue weighted by Gasteiger charge is 2.18. The maximum absolute atomic E-state index is 6.05. The van der Waals surface area contributed by atoms with Gasteiger partial charge in [-0.05, 0) is 17.0 Å². The number of halogens is 1. The fourth-order valence-corrected chi connectivity index (χ4v) is 1.81. The van der Waals surface area contributed by atoms with Gasteiger partial charge >= 0.3 is 0 Å². The number of H-pyrrole nitrogens is 1. The molecule has 1 N–H and O–H groups in total. The molecular weight excluding hydrogens is 196 g/mol. The van der Waals surface area contributed by atoms with Gasteiger partial charge in [-0.25, -0.2) is 4.98 Å². The molecule has 3 heteroatoms. The molecule has 1 aromatic carbocycles. The molecule has 2 aromatic rings. The van der Waals surface area contributed by atoms with Crippen molar-refractivity contribution < 1.29 is 0 Å². The third kappa shape index (κ3) is 1.40. The van der Waals surface area contributed by atoms with Crippen molar-refractivity contribution in [3.05, 3.63) is 29.0 Å². The predicted octanol–water partition coefficient (Wildman–Crippen LogP) is 3.51. The molecule has 0 saturated carbocycles. The Morgan fingerprint density at radius 2 is 2.00 bits per heavy atom. The Kier molecular flexibility index (Phi) is 2.04. The van der Waals surface area contributed by atoms with Crippen molar-refractivity contribution in [1.29, 1.82) is 0 Å². The fraction of sp³-hybridized carbons (Fsp3) is 0.364. The Bertz CT molecular complexity index is 466. The third-order valence-corrected chi connectivity index (χ3v) is 2.65. The Morgan fingerprint density at radius 1 is 1.29 bits per heavy atom. The zero-order valence-corrected chi connectivity index (χ0v) is 9.31. The van der Waals surface area contributed by atoms with Crippen molar-refractivity contribution >= 4 is 22.6 Å². The van der Waals surface area contributed by atoms with Crippen LogP contribution >= 0.6 is 11.6 Å². The lowest BCUT2D eigenvalue weighted by molar-refractivity contribution is 0.595. The molecule has 0 amide bonds. The van der Waals surface area contributed by atoms with Crippen molar-refractivity contribution in [3.63, 3.8) is 0 Å². The topological polar surface area (TPSA) is 28.7 Å². The molecule has 0 aliphatic rings. The van der Waals surface area contributed by atoms with Gasteiger partial charge in [0.1, 0.15) is 0 Å². The lowest BCUT2D eigenvalue weighted by Gasteiger charge is -2.19. The van der Waals surface area contributed by atoms with Crippen molar-refractivity contribution in [2.24, 2.45) is 0 Å². The minimum Gasteiger partial charge on any atom is -0.343 e. The van der Waals surface area contributed by atoms with Gasteiger partial charge in [0.25, 0.3) is 0 Å². The van der Waals surface area contributed by atoms with Crippen LogP contribution < -0.4 is 0 Å². The van der Waals surface area contributed by atoms with Gasteiger partial charge in [0.05, 0.1) is 22.4 Å². The van der Waals surface area contributed by atoms with E-state index in [1.165, 1.54) is 5.56 Å². The van der Waals surface area contributed by atoms with Crippen molar-refractivity contribution in [2.75, 3.05) is 0 Å². The number of benzene rings is 1. The van der Waals surface area contributed by atoms with E-state index in [0.29, 0.717) is 0 Å². The van der Waals surface area contributed by atoms with E-state index in [1.807, 2.05) is 12.1 Å². The Labute approximate surface area is 88.3 Å². The van der Waals surface area contributed by atoms with Gasteiger partial charge in [-0.1, -0.05) is 38.4 Å². The van der Waals surface area contributed by atoms with Gasteiger partial charge in [-0.15, -0.1) is 0 Å². The first-order valence-corrected chi connectivity index (χ1v) is 5.00. The van der Waals surface area contributed by atoms with E-state index in [2.05, 4.69) is 30.7 Å². The molecule has 0 aliphatic carbocycles. The van der Waals surface area contributed by atoms with Crippen LogP contribution in [0.5, 0.6) is 0 Å². The lowest BCUT2D eigenvalue weighted by atomic mass is 9.86. The number of imidazole rings is 1. The Morgan fingerprint density at radius 3 is 2.64 bits per heavy atom. The molecule has 0 fully saturated rings. The average Bonchev–Trinajstić information content (AvgIpc) is 2.50. The number of aromatic nitrogens is 2. The summed E-state index contributed by atoms with van der Waals surface area (Å²) in [6.07, 6.45) is 1.69. The van der Waals surface area contributed by atoms with E-state index < -0.39 is 0 Å². The van der Waals surface area contributed by atoms with Crippen LogP contribution in [0.3, 0.4) is 0 Å². The van der Waals surface area contributed by atoms with Crippen LogP contribution in [0, 0.1) is 0 Å². The van der Waals surface area contributed by atoms with Crippen LogP contribution in [0.2, 0.25) is 5.02 Å². The maximum Gasteiger partial charge on any atom is 0.0935 e. The molecule has 14 heavy (non-hydrogen) atoms. The molecule has 0 saturated heterocycles. The van der Waals surface area contributed by atoms with Gasteiger partial charge in [0, 0.05) is 0 Å². The van der Waals surface area contributed by atoms with Gasteiger partial charge in [-0.3, -0.25) is 0 Å². The summed E-state index contributed by atoms with van der Waals surface area (Å²) >= 11 is 6.05. The Balaban J connectivity index is 2.80. The summed E-state index contributed by atoms with van der Waals surface area (Å²) < 4.78 is 0. The summed E-state index contributed by atoms with van der Waals surface area (Å²) in [6, 6.07) is 3.97. The van der Waals surface area contributed by atoms with Crippen LogP contribution in [-0.4, -0.2) is 9.97 Å². The molecule has 0 unspecified atom stereocenters. The first-order valence-electron chi connectivity index (χ1n) is 4.62. The zero-order valence-electron chi connectivity index (χ0n) is 8.56. The largest absolute Gasteiger partial charge is 0.343 e. The summed E-state index contributed by atoms with van der Waals surface area (Å²) in [5.74, 6) is 0. The summed E-state index contributed by atoms with van der Waals surface area (Å²) in [4.78, 5) is 7.36. The summed E-state index contributed by atoms with van der Waals surface area (Å²) in [6.45, 7) is 6.51. The smallest absolute Gasteiger partial charge is 0.0935 e. The van der Waals surface area contributed by atoms with Gasteiger partial charge in [0.2, 0.25) is 0 Å². The quantitative estimate of drug-likeness (QED) is 0.705. The van der Waals surface area contributed by atoms with Gasteiger partial charge in [-0.2, -0.15) is 0 Å². The first-order chi connectivity index (χ1) is 6.50. The van der Waals surface area contributed by atoms with Crippen LogP contribution in [0.1, 0.15) is 26.3 Å². The highest BCUT2D eigenvalue weighted by Crippen LogP contribution is 2.31. The van der Waals surface area contributed by atoms with E-state index >= 15 is 0 Å². The minimum atomic E-state index is 0.0953. The number of hydrogen-bond donors (Lipinski definition) is 1. The van der Waals surface area contributed by atoms with Gasteiger partial charge < -0.3 is 4.98 Å². The highest BCUT2D eigenvalue weighted by atomic mass is 35.5. The number of aromatic amines is 1. The predicted molar refractivity (Wildman–Crippen MR) is 59.8 cm³/mol. The van der Waals surface area contributed by atoms with E-state index in [1.54, 1.807) is 6.33 Å². The molecule has 2 nitrogen and oxygen atoms in total. The molecule has 0 bridgehead atoms. The third-order valence-electron chi connectivity index (χ3n) is 2.34. The second kappa shape index (κ2) is 2.99. The SMILES string of the molecule is CC(C)(C)c1ccc(Cl)c2[nH]cnc12. The summed E-state index contributed by atoms with van der Waals surface area (Å²) in [7, 11) is 0. The normalized spacial score (nSPS) is 12.3. The first kappa shape index (κ1) is 9.53. The second-order valence-corrected chi connectivity index (χ2v) is 4.88. The molecule has 0 aliphatic heterocycles.